The van der Waals surface area contributed by atoms with Crippen molar-refractivity contribution in [3.63, 3.8) is 0 Å². The molecule has 25 heavy (non-hydrogen) atoms. The van der Waals surface area contributed by atoms with Crippen LogP contribution < -0.4 is 0 Å². The third-order valence-electron chi connectivity index (χ3n) is 3.32. The van der Waals surface area contributed by atoms with Gasteiger partial charge in [0.1, 0.15) is 6.07 Å². The molecule has 0 saturated carbocycles. The minimum atomic E-state index is -0.570. The van der Waals surface area contributed by atoms with E-state index < -0.39 is 5.97 Å². The van der Waals surface area contributed by atoms with Gasteiger partial charge in [0.15, 0.2) is 11.3 Å². The minimum absolute atomic E-state index is 0.0652. The molecular formula is C17H12N2O2S4. The second kappa shape index (κ2) is 7.84. The molecule has 0 fully saturated rings. The molecule has 126 valence electrons. The number of fused-ring (bicyclic) bond motifs is 2. The molecule has 0 aromatic heterocycles. The lowest BCUT2D eigenvalue weighted by molar-refractivity contribution is -0.138. The SMILES string of the molecule is [C-]#[N+]C(CC)=C1Sc2cc3c(cc2S1)SC(=C(C#N)C(=O)OCC)S3. The molecule has 0 N–H and O–H groups in total. The molecule has 0 unspecified atom stereocenters. The molecule has 0 spiro atoms. The summed E-state index contributed by atoms with van der Waals surface area (Å²) in [5, 5.41) is 9.30. The van der Waals surface area contributed by atoms with Crippen molar-refractivity contribution in [2.45, 2.75) is 39.9 Å². The van der Waals surface area contributed by atoms with Crippen molar-refractivity contribution in [2.24, 2.45) is 0 Å². The summed E-state index contributed by atoms with van der Waals surface area (Å²) in [6, 6.07) is 6.13. The van der Waals surface area contributed by atoms with Crippen LogP contribution in [0.5, 0.6) is 0 Å². The van der Waals surface area contributed by atoms with Crippen LogP contribution in [0.15, 0.2) is 51.5 Å². The van der Waals surface area contributed by atoms with Gasteiger partial charge in [-0.05, 0) is 25.5 Å². The smallest absolute Gasteiger partial charge is 0.350 e. The zero-order chi connectivity index (χ0) is 18.0. The van der Waals surface area contributed by atoms with Gasteiger partial charge in [-0.15, -0.1) is 0 Å². The van der Waals surface area contributed by atoms with Gasteiger partial charge in [-0.1, -0.05) is 54.0 Å². The van der Waals surface area contributed by atoms with Crippen LogP contribution in [-0.2, 0) is 9.53 Å². The number of nitriles is 1. The highest BCUT2D eigenvalue weighted by molar-refractivity contribution is 8.25. The Bertz CT molecular complexity index is 867. The van der Waals surface area contributed by atoms with E-state index in [4.69, 9.17) is 11.3 Å². The maximum atomic E-state index is 11.9. The van der Waals surface area contributed by atoms with Crippen LogP contribution in [0, 0.1) is 17.9 Å². The highest BCUT2D eigenvalue weighted by atomic mass is 32.2. The number of carbonyl (C=O) groups excluding carboxylic acids is 1. The molecule has 0 radical (unpaired) electrons. The first kappa shape index (κ1) is 18.3. The maximum Gasteiger partial charge on any atom is 0.350 e. The molecule has 3 rings (SSSR count). The van der Waals surface area contributed by atoms with Crippen molar-refractivity contribution in [2.75, 3.05) is 6.61 Å². The van der Waals surface area contributed by atoms with Crippen molar-refractivity contribution in [3.8, 4) is 6.07 Å². The fourth-order valence-electron chi connectivity index (χ4n) is 2.15. The Balaban J connectivity index is 1.91. The lowest BCUT2D eigenvalue weighted by Crippen LogP contribution is -2.07. The fourth-order valence-corrected chi connectivity index (χ4v) is 7.43. The number of thioether (sulfide) groups is 4. The maximum absolute atomic E-state index is 11.9. The first-order valence-corrected chi connectivity index (χ1v) is 10.7. The molecule has 4 nitrogen and oxygen atoms in total. The summed E-state index contributed by atoms with van der Waals surface area (Å²) in [7, 11) is 0. The molecule has 0 aliphatic carbocycles. The number of esters is 1. The number of benzene rings is 1. The Kier molecular flexibility index (Phi) is 5.75. The molecule has 2 aliphatic rings. The van der Waals surface area contributed by atoms with E-state index in [0.29, 0.717) is 4.24 Å². The average molecular weight is 405 g/mol. The van der Waals surface area contributed by atoms with Gasteiger partial charge in [-0.25, -0.2) is 9.64 Å². The van der Waals surface area contributed by atoms with Gasteiger partial charge in [0.05, 0.1) is 21.7 Å². The van der Waals surface area contributed by atoms with E-state index in [1.54, 1.807) is 30.4 Å². The van der Waals surface area contributed by atoms with Crippen LogP contribution in [-0.4, -0.2) is 12.6 Å². The number of carbonyl (C=O) groups is 1. The third-order valence-corrected chi connectivity index (χ3v) is 8.43. The second-order valence-electron chi connectivity index (χ2n) is 4.85. The summed E-state index contributed by atoms with van der Waals surface area (Å²) < 4.78 is 6.68. The Morgan fingerprint density at radius 3 is 2.04 bits per heavy atom. The molecular weight excluding hydrogens is 392 g/mol. The molecule has 0 saturated heterocycles. The molecule has 2 heterocycles. The van der Waals surface area contributed by atoms with Gasteiger partial charge in [0.2, 0.25) is 0 Å². The van der Waals surface area contributed by atoms with Gasteiger partial charge in [-0.3, -0.25) is 0 Å². The fraction of sp³-hybridized carbons (Fsp3) is 0.235. The predicted molar refractivity (Wildman–Crippen MR) is 103 cm³/mol. The molecule has 1 aromatic carbocycles. The van der Waals surface area contributed by atoms with Gasteiger partial charge in [-0.2, -0.15) is 5.26 Å². The van der Waals surface area contributed by atoms with Crippen molar-refractivity contribution in [1.29, 1.82) is 5.26 Å². The normalized spacial score (nSPS) is 14.4. The standard InChI is InChI=1S/C17H12N2O2S4/c1-4-10(19-3)17-24-13-6-11-12(7-14(13)25-17)23-16(22-11)9(8-18)15(20)21-5-2/h6-7H,4-5H2,1-2H3. The number of nitrogens with zero attached hydrogens (tertiary/aromatic N) is 2. The molecule has 0 atom stereocenters. The van der Waals surface area contributed by atoms with Gasteiger partial charge < -0.3 is 4.74 Å². The Morgan fingerprint density at radius 2 is 1.64 bits per heavy atom. The lowest BCUT2D eigenvalue weighted by Gasteiger charge is -2.01. The Morgan fingerprint density at radius 1 is 1.12 bits per heavy atom. The largest absolute Gasteiger partial charge is 0.462 e. The van der Waals surface area contributed by atoms with E-state index in [9.17, 15) is 10.1 Å². The number of hydrogen-bond acceptors (Lipinski definition) is 7. The Labute approximate surface area is 163 Å². The highest BCUT2D eigenvalue weighted by Gasteiger charge is 2.29. The van der Waals surface area contributed by atoms with Crippen molar-refractivity contribution in [3.05, 3.63) is 43.3 Å². The van der Waals surface area contributed by atoms with Gasteiger partial charge in [0, 0.05) is 19.6 Å². The van der Waals surface area contributed by atoms with Crippen LogP contribution in [0.1, 0.15) is 20.3 Å². The van der Waals surface area contributed by atoms with Crippen molar-refractivity contribution in [1.82, 2.24) is 0 Å². The average Bonchev–Trinajstić information content (AvgIpc) is 3.17. The van der Waals surface area contributed by atoms with Crippen molar-refractivity contribution >= 4 is 53.0 Å². The van der Waals surface area contributed by atoms with Gasteiger partial charge in [0.25, 0.3) is 0 Å². The second-order valence-corrected chi connectivity index (χ2v) is 9.57. The van der Waals surface area contributed by atoms with Crippen LogP contribution in [0.2, 0.25) is 0 Å². The summed E-state index contributed by atoms with van der Waals surface area (Å²) in [5.41, 5.74) is 0.858. The van der Waals surface area contributed by atoms with E-state index in [1.807, 2.05) is 13.0 Å². The van der Waals surface area contributed by atoms with Crippen LogP contribution >= 0.6 is 47.0 Å². The minimum Gasteiger partial charge on any atom is -0.462 e. The quantitative estimate of drug-likeness (QED) is 0.270. The van der Waals surface area contributed by atoms with Crippen LogP contribution in [0.3, 0.4) is 0 Å². The van der Waals surface area contributed by atoms with E-state index in [1.165, 1.54) is 23.5 Å². The number of allylic oxidation sites excluding steroid dienone is 1. The van der Waals surface area contributed by atoms with E-state index >= 15 is 0 Å². The van der Waals surface area contributed by atoms with Crippen LogP contribution in [0.4, 0.5) is 0 Å². The molecule has 2 aliphatic heterocycles. The first-order valence-electron chi connectivity index (χ1n) is 7.42. The summed E-state index contributed by atoms with van der Waals surface area (Å²) in [4.78, 5) is 19.9. The third kappa shape index (κ3) is 3.58. The highest BCUT2D eigenvalue weighted by Crippen LogP contribution is 2.59. The zero-order valence-corrected chi connectivity index (χ0v) is 16.7. The van der Waals surface area contributed by atoms with Crippen LogP contribution in [0.25, 0.3) is 4.85 Å². The van der Waals surface area contributed by atoms with E-state index in [-0.39, 0.29) is 12.2 Å². The molecule has 0 amide bonds. The summed E-state index contributed by atoms with van der Waals surface area (Å²) in [5.74, 6) is -0.570. The summed E-state index contributed by atoms with van der Waals surface area (Å²) >= 11 is 6.11. The lowest BCUT2D eigenvalue weighted by atomic mass is 10.3. The number of rotatable bonds is 3. The molecule has 0 bridgehead atoms. The van der Waals surface area contributed by atoms with Crippen molar-refractivity contribution < 1.29 is 9.53 Å². The van der Waals surface area contributed by atoms with E-state index in [0.717, 1.165) is 35.9 Å². The number of ether oxygens (including phenoxy) is 1. The monoisotopic (exact) mass is 404 g/mol. The topological polar surface area (TPSA) is 54.5 Å². The first-order chi connectivity index (χ1) is 12.1. The summed E-state index contributed by atoms with van der Waals surface area (Å²) in [6.45, 7) is 11.2. The molecule has 8 heteroatoms. The predicted octanol–water partition coefficient (Wildman–Crippen LogP) is 5.88. The molecule has 1 aromatic rings. The van der Waals surface area contributed by atoms with Gasteiger partial charge >= 0.3 is 5.97 Å². The number of hydrogen-bond donors (Lipinski definition) is 0. The van der Waals surface area contributed by atoms with E-state index in [2.05, 4.69) is 17.0 Å². The zero-order valence-electron chi connectivity index (χ0n) is 13.4. The summed E-state index contributed by atoms with van der Waals surface area (Å²) in [6.07, 6.45) is 0.730. The Hall–Kier alpha value is -1.45.